The lowest BCUT2D eigenvalue weighted by atomic mass is 10.0. The highest BCUT2D eigenvalue weighted by Gasteiger charge is 2.38. The third-order valence-electron chi connectivity index (χ3n) is 5.91. The average Bonchev–Trinajstić information content (AvgIpc) is 3.31. The van der Waals surface area contributed by atoms with Gasteiger partial charge in [0.25, 0.3) is 0 Å². The number of ketones is 1. The maximum absolute atomic E-state index is 11.0. The minimum Gasteiger partial charge on any atom is -0.497 e. The first-order valence-electron chi connectivity index (χ1n) is 23.2. The number of hydrogen-bond acceptors (Lipinski definition) is 7. The first kappa shape index (κ1) is 31.7. The number of carbonyl (C=O) groups is 3. The zero-order valence-electron chi connectivity index (χ0n) is 45.9. The van der Waals surface area contributed by atoms with Crippen LogP contribution in [0.5, 0.6) is 11.5 Å². The van der Waals surface area contributed by atoms with E-state index < -0.39 is 12.1 Å². The number of amides is 1. The van der Waals surface area contributed by atoms with Gasteiger partial charge in [0.2, 0.25) is 5.91 Å². The van der Waals surface area contributed by atoms with Crippen molar-refractivity contribution in [3.05, 3.63) is 60.2 Å². The fourth-order valence-corrected chi connectivity index (χ4v) is 4.13. The summed E-state index contributed by atoms with van der Waals surface area (Å²) in [5.74, 6) is 0.449. The Kier molecular flexibility index (Phi) is 16.8. The summed E-state index contributed by atoms with van der Waals surface area (Å²) in [6, 6.07) is 17.9. The zero-order chi connectivity index (χ0) is 53.3. The number of alkyl halides is 3. The van der Waals surface area contributed by atoms with E-state index in [1.807, 2.05) is 75.1 Å². The van der Waals surface area contributed by atoms with E-state index in [0.29, 0.717) is 6.42 Å². The number of hydrogen-bond donors (Lipinski definition) is 2. The van der Waals surface area contributed by atoms with Crippen LogP contribution in [0.1, 0.15) is 108 Å². The van der Waals surface area contributed by atoms with Crippen molar-refractivity contribution in [2.75, 3.05) is 27.8 Å². The number of carbonyl (C=O) groups excluding carboxylic acids is 2. The fraction of sp³-hybridized carbons (Fsp3) is 0.559. The van der Waals surface area contributed by atoms with Gasteiger partial charge in [0.05, 0.1) is 14.2 Å². The van der Waals surface area contributed by atoms with Crippen molar-refractivity contribution in [2.45, 2.75) is 96.1 Å². The highest BCUT2D eigenvalue weighted by molar-refractivity contribution is 7.99. The molecular formula is C34H74F3NO6S2. The molecule has 0 unspecified atom stereocenters. The summed E-state index contributed by atoms with van der Waals surface area (Å²) in [7, 11) is 5.15. The molecule has 0 atom stereocenters. The Morgan fingerprint density at radius 1 is 0.913 bits per heavy atom. The van der Waals surface area contributed by atoms with E-state index in [9.17, 15) is 22.8 Å². The number of nitrogens with zero attached hydrogens (tertiary/aromatic N) is 1. The van der Waals surface area contributed by atoms with Gasteiger partial charge in [-0.05, 0) is 56.0 Å². The highest BCUT2D eigenvalue weighted by Crippen LogP contribution is 2.33. The number of Topliss-reactive ketones (excluding diaryl/α,β-unsaturated/α-hetero) is 1. The van der Waals surface area contributed by atoms with Gasteiger partial charge in [-0.3, -0.25) is 4.79 Å². The maximum atomic E-state index is 11.0. The predicted molar refractivity (Wildman–Crippen MR) is 208 cm³/mol. The minimum atomic E-state index is -5.08. The topological polar surface area (TPSA) is 93.1 Å². The number of carboxylic acids is 1. The van der Waals surface area contributed by atoms with E-state index in [1.165, 1.54) is 5.56 Å². The van der Waals surface area contributed by atoms with Crippen LogP contribution in [0.25, 0.3) is 0 Å². The zero-order valence-corrected chi connectivity index (χ0v) is 29.6. The lowest BCUT2D eigenvalue weighted by Gasteiger charge is -2.24. The van der Waals surface area contributed by atoms with Crippen molar-refractivity contribution in [3.63, 3.8) is 0 Å². The second-order valence-corrected chi connectivity index (χ2v) is 14.2. The van der Waals surface area contributed by atoms with Gasteiger partial charge in [-0.1, -0.05) is 65.5 Å². The Hall–Kier alpha value is -2.86. The first-order valence-corrected chi connectivity index (χ1v) is 15.7. The summed E-state index contributed by atoms with van der Waals surface area (Å²) in [4.78, 5) is 32.3. The van der Waals surface area contributed by atoms with Crippen molar-refractivity contribution in [1.82, 2.24) is 4.90 Å². The number of rotatable bonds is 12. The SMILES string of the molecule is C.CC(=O)N(C)CCC(C)(C)S.COc1ccc(CSC(C)(C)CCCC(C)=O)cc1.COc1ccccc1.O=C(O)C(F)(F)F.[3HH].[3H][3H].[3H][3H].[3H][3H].[3H][3H].[3H][3H].[3H][3H].[3H][3H].[3H][3H].[3H][3H]. The molecule has 0 spiro atoms. The Morgan fingerprint density at radius 3 is 1.72 bits per heavy atom. The molecule has 0 fully saturated rings. The number of carboxylic acid groups (broad SMARTS) is 1. The molecule has 0 aliphatic carbocycles. The fourth-order valence-electron chi connectivity index (χ4n) is 2.99. The van der Waals surface area contributed by atoms with Gasteiger partial charge in [-0.15, -0.1) is 0 Å². The van der Waals surface area contributed by atoms with Gasteiger partial charge >= 0.3 is 12.1 Å². The lowest BCUT2D eigenvalue weighted by molar-refractivity contribution is -0.192. The van der Waals surface area contributed by atoms with E-state index in [4.69, 9.17) is 46.1 Å². The van der Waals surface area contributed by atoms with E-state index in [1.54, 1.807) is 33.0 Å². The molecule has 0 aromatic heterocycles. The second-order valence-electron chi connectivity index (χ2n) is 11.3. The average molecular weight is 752 g/mol. The number of thiol groups is 1. The Balaban J connectivity index is -0.0000000466. The van der Waals surface area contributed by atoms with Gasteiger partial charge in [0.1, 0.15) is 17.3 Å². The molecule has 0 saturated heterocycles. The highest BCUT2D eigenvalue weighted by atomic mass is 32.2. The summed E-state index contributed by atoms with van der Waals surface area (Å²) in [5, 5.41) is 7.12. The van der Waals surface area contributed by atoms with Crippen LogP contribution in [0, 0.1) is 0 Å². The van der Waals surface area contributed by atoms with Gasteiger partial charge < -0.3 is 24.3 Å². The molecule has 0 heterocycles. The molecule has 0 radical (unpaired) electrons. The summed E-state index contributed by atoms with van der Waals surface area (Å²) >= 11 is 6.30. The van der Waals surface area contributed by atoms with Gasteiger partial charge in [-0.25, -0.2) is 4.79 Å². The molecule has 0 aliphatic heterocycles. The number of thioether (sulfide) groups is 1. The van der Waals surface area contributed by atoms with Crippen LogP contribution in [0.3, 0.4) is 0 Å². The largest absolute Gasteiger partial charge is 0.497 e. The number of aliphatic carboxylic acids is 1. The van der Waals surface area contributed by atoms with Crippen molar-refractivity contribution in [3.8, 4) is 11.5 Å². The molecular weight excluding hydrogens is 640 g/mol. The van der Waals surface area contributed by atoms with E-state index in [-0.39, 0.29) is 30.0 Å². The molecule has 0 saturated carbocycles. The van der Waals surface area contributed by atoms with Crippen molar-refractivity contribution < 1.29 is 70.3 Å². The summed E-state index contributed by atoms with van der Waals surface area (Å²) in [6.07, 6.45) is -1.40. The summed E-state index contributed by atoms with van der Waals surface area (Å²) < 4.78 is 132. The molecule has 0 bridgehead atoms. The maximum Gasteiger partial charge on any atom is 0.490 e. The summed E-state index contributed by atoms with van der Waals surface area (Å²) in [5.41, 5.74) is 1.31. The van der Waals surface area contributed by atoms with Crippen LogP contribution in [0.4, 0.5) is 13.2 Å². The van der Waals surface area contributed by atoms with Crippen molar-refractivity contribution in [1.29, 1.82) is 0 Å². The van der Waals surface area contributed by atoms with Gasteiger partial charge in [-0.2, -0.15) is 37.6 Å². The van der Waals surface area contributed by atoms with E-state index in [2.05, 4.69) is 38.6 Å². The van der Waals surface area contributed by atoms with Crippen LogP contribution >= 0.6 is 24.4 Å². The smallest absolute Gasteiger partial charge is 0.490 e. The first-order chi connectivity index (χ1) is 29.6. The number of ether oxygens (including phenoxy) is 2. The van der Waals surface area contributed by atoms with Gasteiger partial charge in [0, 0.05) is 70.3 Å². The van der Waals surface area contributed by atoms with E-state index >= 15 is 0 Å². The Labute approximate surface area is 313 Å². The third kappa shape index (κ3) is 28.6. The van der Waals surface area contributed by atoms with Crippen LogP contribution in [0.15, 0.2) is 54.6 Å². The Morgan fingerprint density at radius 2 is 1.37 bits per heavy atom. The van der Waals surface area contributed by atoms with Crippen LogP contribution < -0.4 is 9.47 Å². The molecule has 284 valence electrons. The molecule has 7 nitrogen and oxygen atoms in total. The normalized spacial score (nSPS) is 12.2. The van der Waals surface area contributed by atoms with E-state index in [0.717, 1.165) is 43.1 Å². The second kappa shape index (κ2) is 24.3. The number of benzene rings is 2. The van der Waals surface area contributed by atoms with Crippen LogP contribution in [0.2, 0.25) is 0 Å². The monoisotopic (exact) mass is 752 g/mol. The molecule has 2 aromatic carbocycles. The minimum absolute atomic E-state index is 0. The molecule has 2 rings (SSSR count). The van der Waals surface area contributed by atoms with Crippen molar-refractivity contribution in [2.24, 2.45) is 0 Å². The third-order valence-corrected chi connectivity index (χ3v) is 7.60. The number of halogens is 3. The number of para-hydroxylation sites is 1. The van der Waals surface area contributed by atoms with Crippen molar-refractivity contribution >= 4 is 42.1 Å². The lowest BCUT2D eigenvalue weighted by Crippen LogP contribution is -2.28. The molecule has 1 N–H and O–H groups in total. The molecule has 12 heteroatoms. The molecule has 1 amide bonds. The Bertz CT molecular complexity index is 1160. The molecule has 2 aromatic rings. The molecule has 46 heavy (non-hydrogen) atoms. The molecule has 0 aliphatic rings. The quantitative estimate of drug-likeness (QED) is 0.209. The number of methoxy groups -OCH3 is 2. The van der Waals surface area contributed by atoms with Crippen LogP contribution in [-0.2, 0) is 20.1 Å². The predicted octanol–water partition coefficient (Wildman–Crippen LogP) is 11.5. The standard InChI is InChI=1S/C16H24O2S.C8H17NOS.C7H8O.C2HF3O2.CH4.10H2/c1-13(17)6-5-11-16(2,3)19-12-14-7-9-15(18-4)10-8-14;1-7(10)9(4)6-5-8(2,3)11;1-8-7-5-3-2-4-6-7;3-2(4,5)1(6)7;;;;;;;;;;;/h7-10H,5-6,11-12H2,1-4H3;11H,5-6H2,1-4H3;2-6H,1H3;(H,6,7);1H4;10*1H/i;;;;;9*1+2T;1+2. The summed E-state index contributed by atoms with van der Waals surface area (Å²) in [6.45, 7) is 12.6. The van der Waals surface area contributed by atoms with Gasteiger partial charge in [0.15, 0.2) is 0 Å². The van der Waals surface area contributed by atoms with Crippen LogP contribution in [-0.4, -0.2) is 71.1 Å².